The molecule has 0 radical (unpaired) electrons. The van der Waals surface area contributed by atoms with Crippen LogP contribution < -0.4 is 9.47 Å². The lowest BCUT2D eigenvalue weighted by atomic mass is 10.0. The number of hydrogen-bond acceptors (Lipinski definition) is 4. The SMILES string of the molecule is CC(=O)N(C)C(Cc1ccc2c(c1)OCO2)C(=O)O. The van der Waals surface area contributed by atoms with Crippen molar-refractivity contribution in [3.63, 3.8) is 0 Å². The average Bonchev–Trinajstić information content (AvgIpc) is 2.81. The van der Waals surface area contributed by atoms with E-state index in [0.717, 1.165) is 5.56 Å². The first kappa shape index (κ1) is 13.2. The molecule has 1 aromatic carbocycles. The number of carboxylic acids is 1. The van der Waals surface area contributed by atoms with Crippen LogP contribution in [-0.4, -0.2) is 41.8 Å². The van der Waals surface area contributed by atoms with Crippen LogP contribution in [0.5, 0.6) is 11.5 Å². The predicted octanol–water partition coefficient (Wildman–Crippen LogP) is 0.889. The first-order valence-electron chi connectivity index (χ1n) is 5.83. The van der Waals surface area contributed by atoms with Gasteiger partial charge in [-0.3, -0.25) is 4.79 Å². The molecular formula is C13H15NO5. The molecule has 1 aliphatic rings. The molecule has 1 amide bonds. The lowest BCUT2D eigenvalue weighted by molar-refractivity contribution is -0.148. The van der Waals surface area contributed by atoms with Gasteiger partial charge in [-0.25, -0.2) is 4.79 Å². The van der Waals surface area contributed by atoms with Gasteiger partial charge in [0, 0.05) is 20.4 Å². The molecule has 0 aliphatic carbocycles. The summed E-state index contributed by atoms with van der Waals surface area (Å²) in [5.41, 5.74) is 0.782. The summed E-state index contributed by atoms with van der Waals surface area (Å²) < 4.78 is 10.4. The summed E-state index contributed by atoms with van der Waals surface area (Å²) >= 11 is 0. The molecule has 0 fully saturated rings. The molecule has 6 nitrogen and oxygen atoms in total. The normalized spacial score (nSPS) is 14.0. The van der Waals surface area contributed by atoms with Crippen LogP contribution in [0.4, 0.5) is 0 Å². The molecule has 2 rings (SSSR count). The average molecular weight is 265 g/mol. The number of aliphatic carboxylic acids is 1. The van der Waals surface area contributed by atoms with Crippen LogP contribution in [0.25, 0.3) is 0 Å². The van der Waals surface area contributed by atoms with E-state index in [1.165, 1.54) is 18.9 Å². The topological polar surface area (TPSA) is 76.1 Å². The molecule has 0 spiro atoms. The van der Waals surface area contributed by atoms with E-state index in [9.17, 15) is 14.7 Å². The van der Waals surface area contributed by atoms with E-state index in [4.69, 9.17) is 9.47 Å². The lowest BCUT2D eigenvalue weighted by Crippen LogP contribution is -2.42. The maximum Gasteiger partial charge on any atom is 0.326 e. The van der Waals surface area contributed by atoms with E-state index in [0.29, 0.717) is 11.5 Å². The van der Waals surface area contributed by atoms with E-state index < -0.39 is 12.0 Å². The van der Waals surface area contributed by atoms with E-state index in [-0.39, 0.29) is 19.1 Å². The Morgan fingerprint density at radius 1 is 1.37 bits per heavy atom. The van der Waals surface area contributed by atoms with Gasteiger partial charge in [0.25, 0.3) is 0 Å². The van der Waals surface area contributed by atoms with Crippen LogP contribution in [0.15, 0.2) is 18.2 Å². The highest BCUT2D eigenvalue weighted by Gasteiger charge is 2.25. The van der Waals surface area contributed by atoms with Crippen LogP contribution in [-0.2, 0) is 16.0 Å². The molecule has 1 heterocycles. The molecule has 1 N–H and O–H groups in total. The Morgan fingerprint density at radius 2 is 2.05 bits per heavy atom. The fourth-order valence-corrected chi connectivity index (χ4v) is 1.90. The number of benzene rings is 1. The van der Waals surface area contributed by atoms with Gasteiger partial charge in [-0.1, -0.05) is 6.07 Å². The van der Waals surface area contributed by atoms with Crippen molar-refractivity contribution in [3.8, 4) is 11.5 Å². The Morgan fingerprint density at radius 3 is 2.68 bits per heavy atom. The van der Waals surface area contributed by atoms with Crippen molar-refractivity contribution in [1.82, 2.24) is 4.90 Å². The summed E-state index contributed by atoms with van der Waals surface area (Å²) in [6, 6.07) is 4.37. The number of carbonyl (C=O) groups is 2. The lowest BCUT2D eigenvalue weighted by Gasteiger charge is -2.23. The Labute approximate surface area is 110 Å². The Bertz CT molecular complexity index is 514. The number of nitrogens with zero attached hydrogens (tertiary/aromatic N) is 1. The van der Waals surface area contributed by atoms with Gasteiger partial charge < -0.3 is 19.5 Å². The zero-order valence-electron chi connectivity index (χ0n) is 10.8. The number of carbonyl (C=O) groups excluding carboxylic acids is 1. The third-order valence-corrected chi connectivity index (χ3v) is 3.12. The molecule has 1 unspecified atom stereocenters. The number of rotatable bonds is 4. The second kappa shape index (κ2) is 5.17. The van der Waals surface area contributed by atoms with Crippen LogP contribution in [0.3, 0.4) is 0 Å². The highest BCUT2D eigenvalue weighted by atomic mass is 16.7. The van der Waals surface area contributed by atoms with Crippen LogP contribution in [0.1, 0.15) is 12.5 Å². The van der Waals surface area contributed by atoms with E-state index in [1.54, 1.807) is 18.2 Å². The summed E-state index contributed by atoms with van der Waals surface area (Å²) in [4.78, 5) is 23.7. The highest BCUT2D eigenvalue weighted by molar-refractivity contribution is 5.82. The van der Waals surface area contributed by atoms with Gasteiger partial charge in [0.1, 0.15) is 6.04 Å². The number of ether oxygens (including phenoxy) is 2. The van der Waals surface area contributed by atoms with Gasteiger partial charge >= 0.3 is 5.97 Å². The molecule has 19 heavy (non-hydrogen) atoms. The molecule has 6 heteroatoms. The van der Waals surface area contributed by atoms with Gasteiger partial charge in [0.05, 0.1) is 0 Å². The van der Waals surface area contributed by atoms with Crippen LogP contribution in [0, 0.1) is 0 Å². The molecule has 0 aromatic heterocycles. The molecule has 0 saturated heterocycles. The second-order valence-corrected chi connectivity index (χ2v) is 4.38. The fraction of sp³-hybridized carbons (Fsp3) is 0.385. The monoisotopic (exact) mass is 265 g/mol. The largest absolute Gasteiger partial charge is 0.480 e. The van der Waals surface area contributed by atoms with Crippen molar-refractivity contribution in [1.29, 1.82) is 0 Å². The number of carboxylic acid groups (broad SMARTS) is 1. The summed E-state index contributed by atoms with van der Waals surface area (Å²) in [5.74, 6) is -0.0637. The molecule has 0 bridgehead atoms. The second-order valence-electron chi connectivity index (χ2n) is 4.38. The minimum atomic E-state index is -1.03. The summed E-state index contributed by atoms with van der Waals surface area (Å²) in [5, 5.41) is 9.20. The predicted molar refractivity (Wildman–Crippen MR) is 66.1 cm³/mol. The van der Waals surface area contributed by atoms with Gasteiger partial charge in [-0.15, -0.1) is 0 Å². The van der Waals surface area contributed by atoms with Gasteiger partial charge in [0.2, 0.25) is 12.7 Å². The number of fused-ring (bicyclic) bond motifs is 1. The highest BCUT2D eigenvalue weighted by Crippen LogP contribution is 2.32. The minimum absolute atomic E-state index is 0.175. The minimum Gasteiger partial charge on any atom is -0.480 e. The summed E-state index contributed by atoms with van der Waals surface area (Å²) in [6.07, 6.45) is 0.224. The van der Waals surface area contributed by atoms with Crippen molar-refractivity contribution >= 4 is 11.9 Å². The van der Waals surface area contributed by atoms with Gasteiger partial charge in [-0.2, -0.15) is 0 Å². The number of hydrogen-bond donors (Lipinski definition) is 1. The molecule has 0 saturated carbocycles. The third-order valence-electron chi connectivity index (χ3n) is 3.12. The van der Waals surface area contributed by atoms with Gasteiger partial charge in [0.15, 0.2) is 11.5 Å². The molecule has 1 aromatic rings. The fourth-order valence-electron chi connectivity index (χ4n) is 1.90. The molecule has 102 valence electrons. The quantitative estimate of drug-likeness (QED) is 0.875. The van der Waals surface area contributed by atoms with Crippen molar-refractivity contribution in [2.75, 3.05) is 13.8 Å². The zero-order chi connectivity index (χ0) is 14.0. The Hall–Kier alpha value is -2.24. The van der Waals surface area contributed by atoms with E-state index >= 15 is 0 Å². The Kier molecular flexibility index (Phi) is 3.59. The van der Waals surface area contributed by atoms with E-state index in [2.05, 4.69) is 0 Å². The summed E-state index contributed by atoms with van der Waals surface area (Å²) in [7, 11) is 1.48. The third kappa shape index (κ3) is 2.78. The number of amides is 1. The van der Waals surface area contributed by atoms with Crippen molar-refractivity contribution in [3.05, 3.63) is 23.8 Å². The number of likely N-dealkylation sites (N-methyl/N-ethyl adjacent to an activating group) is 1. The molecule has 1 aliphatic heterocycles. The van der Waals surface area contributed by atoms with Gasteiger partial charge in [-0.05, 0) is 17.7 Å². The zero-order valence-corrected chi connectivity index (χ0v) is 10.8. The van der Waals surface area contributed by atoms with Crippen molar-refractivity contribution in [2.24, 2.45) is 0 Å². The van der Waals surface area contributed by atoms with Crippen molar-refractivity contribution in [2.45, 2.75) is 19.4 Å². The Balaban J connectivity index is 2.17. The smallest absolute Gasteiger partial charge is 0.326 e. The molecular weight excluding hydrogens is 250 g/mol. The first-order chi connectivity index (χ1) is 8.99. The van der Waals surface area contributed by atoms with Crippen LogP contribution in [0.2, 0.25) is 0 Å². The first-order valence-corrected chi connectivity index (χ1v) is 5.83. The maximum absolute atomic E-state index is 11.3. The maximum atomic E-state index is 11.3. The van der Waals surface area contributed by atoms with Crippen molar-refractivity contribution < 1.29 is 24.2 Å². The van der Waals surface area contributed by atoms with Crippen LogP contribution >= 0.6 is 0 Å². The standard InChI is InChI=1S/C13H15NO5/c1-8(15)14(2)10(13(16)17)5-9-3-4-11-12(6-9)19-7-18-11/h3-4,6,10H,5,7H2,1-2H3,(H,16,17). The van der Waals surface area contributed by atoms with E-state index in [1.807, 2.05) is 0 Å². The summed E-state index contributed by atoms with van der Waals surface area (Å²) in [6.45, 7) is 1.52. The molecule has 1 atom stereocenters.